The molecule has 1 heterocycles. The predicted octanol–water partition coefficient (Wildman–Crippen LogP) is 2.97. The van der Waals surface area contributed by atoms with Crippen LogP contribution in [0.5, 0.6) is 0 Å². The molecule has 1 aliphatic rings. The van der Waals surface area contributed by atoms with Crippen molar-refractivity contribution in [3.8, 4) is 0 Å². The van der Waals surface area contributed by atoms with E-state index in [0.29, 0.717) is 36.3 Å². The van der Waals surface area contributed by atoms with Crippen LogP contribution in [0.15, 0.2) is 0 Å². The summed E-state index contributed by atoms with van der Waals surface area (Å²) in [5.41, 5.74) is 0. The van der Waals surface area contributed by atoms with Crippen LogP contribution in [-0.4, -0.2) is 46.1 Å². The lowest BCUT2D eigenvalue weighted by atomic mass is 9.91. The van der Waals surface area contributed by atoms with E-state index in [2.05, 4.69) is 65.2 Å². The summed E-state index contributed by atoms with van der Waals surface area (Å²) in [7, 11) is 0. The Kier molecular flexibility index (Phi) is 4.42. The minimum absolute atomic E-state index is 0.643. The fourth-order valence-electron chi connectivity index (χ4n) is 3.62. The molecule has 2 nitrogen and oxygen atoms in total. The van der Waals surface area contributed by atoms with E-state index in [-0.39, 0.29) is 0 Å². The first kappa shape index (κ1) is 14.0. The number of piperazine rings is 1. The van der Waals surface area contributed by atoms with Gasteiger partial charge in [0.25, 0.3) is 0 Å². The van der Waals surface area contributed by atoms with Crippen molar-refractivity contribution in [2.45, 2.75) is 91.6 Å². The van der Waals surface area contributed by atoms with Crippen molar-refractivity contribution in [2.24, 2.45) is 0 Å². The number of hydrogen-bond donors (Lipinski definition) is 0. The van der Waals surface area contributed by atoms with Crippen molar-refractivity contribution in [2.75, 3.05) is 0 Å². The van der Waals surface area contributed by atoms with Gasteiger partial charge in [-0.1, -0.05) is 0 Å². The molecule has 0 saturated carbocycles. The Morgan fingerprint density at radius 2 is 0.750 bits per heavy atom. The normalized spacial score (nSPS) is 38.6. The summed E-state index contributed by atoms with van der Waals surface area (Å²) in [5.74, 6) is 0. The lowest BCUT2D eigenvalue weighted by Gasteiger charge is -2.55. The second-order valence-electron chi connectivity index (χ2n) is 6.04. The van der Waals surface area contributed by atoms with E-state index < -0.39 is 0 Å². The molecule has 2 heteroatoms. The van der Waals surface area contributed by atoms with Crippen LogP contribution in [-0.2, 0) is 0 Å². The van der Waals surface area contributed by atoms with Crippen LogP contribution in [0.2, 0.25) is 0 Å². The second-order valence-corrected chi connectivity index (χ2v) is 6.04. The average molecular weight is 226 g/mol. The zero-order valence-electron chi connectivity index (χ0n) is 12.4. The Morgan fingerprint density at radius 1 is 0.562 bits per heavy atom. The SMILES string of the molecule is CC(C)N1C(C)C(C)N(C(C)C)C(C)C1C. The average Bonchev–Trinajstić information content (AvgIpc) is 2.14. The van der Waals surface area contributed by atoms with Gasteiger partial charge < -0.3 is 0 Å². The molecular weight excluding hydrogens is 196 g/mol. The maximum atomic E-state index is 2.67. The molecule has 4 atom stereocenters. The third kappa shape index (κ3) is 2.28. The highest BCUT2D eigenvalue weighted by atomic mass is 15.4. The van der Waals surface area contributed by atoms with Crippen molar-refractivity contribution in [3.05, 3.63) is 0 Å². The van der Waals surface area contributed by atoms with Crippen LogP contribution < -0.4 is 0 Å². The van der Waals surface area contributed by atoms with E-state index in [4.69, 9.17) is 0 Å². The van der Waals surface area contributed by atoms with Crippen LogP contribution in [0, 0.1) is 0 Å². The van der Waals surface area contributed by atoms with E-state index >= 15 is 0 Å². The van der Waals surface area contributed by atoms with Gasteiger partial charge in [0.1, 0.15) is 0 Å². The van der Waals surface area contributed by atoms with Crippen LogP contribution in [0.25, 0.3) is 0 Å². The molecule has 0 N–H and O–H groups in total. The van der Waals surface area contributed by atoms with E-state index in [1.165, 1.54) is 0 Å². The molecule has 4 unspecified atom stereocenters. The quantitative estimate of drug-likeness (QED) is 0.714. The highest BCUT2D eigenvalue weighted by Gasteiger charge is 2.41. The minimum Gasteiger partial charge on any atom is -0.293 e. The molecule has 16 heavy (non-hydrogen) atoms. The Balaban J connectivity index is 2.94. The Morgan fingerprint density at radius 3 is 0.875 bits per heavy atom. The van der Waals surface area contributed by atoms with Crippen LogP contribution >= 0.6 is 0 Å². The second kappa shape index (κ2) is 5.05. The molecule has 1 aliphatic heterocycles. The maximum Gasteiger partial charge on any atom is 0.0227 e. The van der Waals surface area contributed by atoms with Crippen LogP contribution in [0.1, 0.15) is 55.4 Å². The van der Waals surface area contributed by atoms with Gasteiger partial charge >= 0.3 is 0 Å². The first-order valence-electron chi connectivity index (χ1n) is 6.83. The molecule has 0 radical (unpaired) electrons. The highest BCUT2D eigenvalue weighted by molar-refractivity contribution is 4.97. The van der Waals surface area contributed by atoms with Crippen LogP contribution in [0.4, 0.5) is 0 Å². The first-order valence-corrected chi connectivity index (χ1v) is 6.83. The van der Waals surface area contributed by atoms with E-state index in [0.717, 1.165) is 0 Å². The Hall–Kier alpha value is -0.0800. The monoisotopic (exact) mass is 226 g/mol. The van der Waals surface area contributed by atoms with Gasteiger partial charge in [0.05, 0.1) is 0 Å². The van der Waals surface area contributed by atoms with E-state index in [9.17, 15) is 0 Å². The van der Waals surface area contributed by atoms with Crippen molar-refractivity contribution in [3.63, 3.8) is 0 Å². The molecule has 1 rings (SSSR count). The molecular formula is C14H30N2. The summed E-state index contributed by atoms with van der Waals surface area (Å²) in [6.07, 6.45) is 0. The Bertz CT molecular complexity index is 185. The zero-order chi connectivity index (χ0) is 12.6. The number of nitrogens with zero attached hydrogens (tertiary/aromatic N) is 2. The number of rotatable bonds is 2. The molecule has 0 aromatic rings. The molecule has 0 spiro atoms. The van der Waals surface area contributed by atoms with Crippen molar-refractivity contribution in [1.29, 1.82) is 0 Å². The highest BCUT2D eigenvalue weighted by Crippen LogP contribution is 2.29. The molecule has 1 fully saturated rings. The summed E-state index contributed by atoms with van der Waals surface area (Å²) in [5, 5.41) is 0. The van der Waals surface area contributed by atoms with Gasteiger partial charge in [-0.2, -0.15) is 0 Å². The summed E-state index contributed by atoms with van der Waals surface area (Å²) in [6.45, 7) is 18.8. The van der Waals surface area contributed by atoms with E-state index in [1.807, 2.05) is 0 Å². The maximum absolute atomic E-state index is 2.67. The molecule has 0 amide bonds. The van der Waals surface area contributed by atoms with Gasteiger partial charge in [0, 0.05) is 36.3 Å². The summed E-state index contributed by atoms with van der Waals surface area (Å²) >= 11 is 0. The molecule has 0 aromatic heterocycles. The minimum atomic E-state index is 0.643. The fourth-order valence-corrected chi connectivity index (χ4v) is 3.62. The van der Waals surface area contributed by atoms with Gasteiger partial charge in [0.2, 0.25) is 0 Å². The van der Waals surface area contributed by atoms with E-state index in [1.54, 1.807) is 0 Å². The molecule has 96 valence electrons. The molecule has 0 bridgehead atoms. The van der Waals surface area contributed by atoms with Gasteiger partial charge in [-0.3, -0.25) is 9.80 Å². The van der Waals surface area contributed by atoms with Gasteiger partial charge in [-0.05, 0) is 55.4 Å². The largest absolute Gasteiger partial charge is 0.293 e. The molecule has 0 aromatic carbocycles. The Labute approximate surface area is 102 Å². The first-order chi connectivity index (χ1) is 7.29. The summed E-state index contributed by atoms with van der Waals surface area (Å²) in [4.78, 5) is 5.35. The van der Waals surface area contributed by atoms with Gasteiger partial charge in [-0.25, -0.2) is 0 Å². The number of hydrogen-bond acceptors (Lipinski definition) is 2. The zero-order valence-corrected chi connectivity index (χ0v) is 12.4. The summed E-state index contributed by atoms with van der Waals surface area (Å²) < 4.78 is 0. The topological polar surface area (TPSA) is 6.48 Å². The molecule has 1 saturated heterocycles. The third-order valence-electron chi connectivity index (χ3n) is 4.47. The third-order valence-corrected chi connectivity index (χ3v) is 4.47. The lowest BCUT2D eigenvalue weighted by molar-refractivity contribution is -0.0691. The van der Waals surface area contributed by atoms with Crippen LogP contribution in [0.3, 0.4) is 0 Å². The van der Waals surface area contributed by atoms with Crippen molar-refractivity contribution in [1.82, 2.24) is 9.80 Å². The van der Waals surface area contributed by atoms with Gasteiger partial charge in [-0.15, -0.1) is 0 Å². The fraction of sp³-hybridized carbons (Fsp3) is 1.00. The summed E-state index contributed by atoms with van der Waals surface area (Å²) in [6, 6.07) is 3.87. The molecule has 0 aliphatic carbocycles. The van der Waals surface area contributed by atoms with Crippen molar-refractivity contribution < 1.29 is 0 Å². The standard InChI is InChI=1S/C14H30N2/c1-9(2)15-11(5)13(7)16(10(3)4)14(8)12(15)6/h9-14H,1-8H3. The lowest BCUT2D eigenvalue weighted by Crippen LogP contribution is -2.68. The van der Waals surface area contributed by atoms with Gasteiger partial charge in [0.15, 0.2) is 0 Å². The smallest absolute Gasteiger partial charge is 0.0227 e. The predicted molar refractivity (Wildman–Crippen MR) is 71.8 cm³/mol. The van der Waals surface area contributed by atoms with Crippen molar-refractivity contribution >= 4 is 0 Å².